The lowest BCUT2D eigenvalue weighted by Crippen LogP contribution is -2.48. The Balaban J connectivity index is 1.44. The highest BCUT2D eigenvalue weighted by atomic mass is 16.5. The summed E-state index contributed by atoms with van der Waals surface area (Å²) >= 11 is 0. The topological polar surface area (TPSA) is 49.8 Å². The summed E-state index contributed by atoms with van der Waals surface area (Å²) in [4.78, 5) is 15.0. The Morgan fingerprint density at radius 1 is 1.16 bits per heavy atom. The van der Waals surface area contributed by atoms with Crippen LogP contribution in [0, 0.1) is 5.92 Å². The van der Waals surface area contributed by atoms with Gasteiger partial charge in [0.05, 0.1) is 19.1 Å². The summed E-state index contributed by atoms with van der Waals surface area (Å²) in [5.41, 5.74) is 4.03. The quantitative estimate of drug-likeness (QED) is 0.917. The molecule has 1 aromatic carbocycles. The fourth-order valence-corrected chi connectivity index (χ4v) is 4.84. The second-order valence-corrected chi connectivity index (χ2v) is 7.88. The van der Waals surface area contributed by atoms with Gasteiger partial charge in [0.25, 0.3) is 0 Å². The molecule has 2 heterocycles. The van der Waals surface area contributed by atoms with Gasteiger partial charge in [-0.1, -0.05) is 18.2 Å². The van der Waals surface area contributed by atoms with Crippen LogP contribution >= 0.6 is 0 Å². The van der Waals surface area contributed by atoms with Crippen molar-refractivity contribution in [1.29, 1.82) is 0 Å². The summed E-state index contributed by atoms with van der Waals surface area (Å²) in [7, 11) is 0. The molecule has 136 valence electrons. The van der Waals surface area contributed by atoms with Crippen LogP contribution in [-0.2, 0) is 28.8 Å². The molecule has 25 heavy (non-hydrogen) atoms. The average molecular weight is 343 g/mol. The number of carbonyl (C=O) groups excluding carboxylic acids is 1. The molecule has 4 nitrogen and oxygen atoms in total. The van der Waals surface area contributed by atoms with Gasteiger partial charge in [0.2, 0.25) is 5.91 Å². The zero-order chi connectivity index (χ0) is 17.2. The normalized spacial score (nSPS) is 29.5. The SMILES string of the molecule is O=C(Cc1ccc2c(c1)CCCC2)N1CCC[C@@H]1[C@H]1COCC[C@@H]1O. The third-order valence-electron chi connectivity index (χ3n) is 6.24. The van der Waals surface area contributed by atoms with Gasteiger partial charge in [-0.05, 0) is 61.6 Å². The summed E-state index contributed by atoms with van der Waals surface area (Å²) in [5, 5.41) is 10.3. The Hall–Kier alpha value is -1.39. The largest absolute Gasteiger partial charge is 0.393 e. The maximum atomic E-state index is 12.9. The zero-order valence-corrected chi connectivity index (χ0v) is 15.0. The summed E-state index contributed by atoms with van der Waals surface area (Å²) in [6.07, 6.45) is 7.72. The van der Waals surface area contributed by atoms with Crippen molar-refractivity contribution >= 4 is 5.91 Å². The Labute approximate surface area is 150 Å². The van der Waals surface area contributed by atoms with E-state index in [2.05, 4.69) is 18.2 Å². The monoisotopic (exact) mass is 343 g/mol. The van der Waals surface area contributed by atoms with E-state index in [1.165, 1.54) is 30.4 Å². The molecule has 0 bridgehead atoms. The van der Waals surface area contributed by atoms with Crippen molar-refractivity contribution in [3.8, 4) is 0 Å². The number of nitrogens with zero attached hydrogens (tertiary/aromatic N) is 1. The molecule has 1 aromatic rings. The van der Waals surface area contributed by atoms with Crippen LogP contribution in [0.2, 0.25) is 0 Å². The van der Waals surface area contributed by atoms with Crippen LogP contribution in [0.1, 0.15) is 48.8 Å². The van der Waals surface area contributed by atoms with E-state index in [9.17, 15) is 9.90 Å². The third-order valence-corrected chi connectivity index (χ3v) is 6.24. The number of rotatable bonds is 3. The van der Waals surface area contributed by atoms with Crippen molar-refractivity contribution in [2.24, 2.45) is 5.92 Å². The van der Waals surface area contributed by atoms with Crippen LogP contribution in [0.3, 0.4) is 0 Å². The molecule has 0 radical (unpaired) electrons. The van der Waals surface area contributed by atoms with Crippen molar-refractivity contribution in [3.05, 3.63) is 34.9 Å². The fraction of sp³-hybridized carbons (Fsp3) is 0.667. The molecule has 4 rings (SSSR count). The first-order chi connectivity index (χ1) is 12.2. The van der Waals surface area contributed by atoms with Gasteiger partial charge in [0.15, 0.2) is 0 Å². The van der Waals surface area contributed by atoms with E-state index < -0.39 is 0 Å². The number of carbonyl (C=O) groups is 1. The summed E-state index contributed by atoms with van der Waals surface area (Å²) in [5.74, 6) is 0.278. The van der Waals surface area contributed by atoms with Gasteiger partial charge in [-0.25, -0.2) is 0 Å². The maximum absolute atomic E-state index is 12.9. The lowest BCUT2D eigenvalue weighted by molar-refractivity contribution is -0.135. The molecule has 0 aromatic heterocycles. The second-order valence-electron chi connectivity index (χ2n) is 7.88. The highest BCUT2D eigenvalue weighted by Gasteiger charge is 2.39. The van der Waals surface area contributed by atoms with Gasteiger partial charge in [-0.15, -0.1) is 0 Å². The number of likely N-dealkylation sites (tertiary alicyclic amines) is 1. The molecule has 1 N–H and O–H groups in total. The first-order valence-electron chi connectivity index (χ1n) is 9.88. The zero-order valence-electron chi connectivity index (χ0n) is 15.0. The Kier molecular flexibility index (Phi) is 5.09. The van der Waals surface area contributed by atoms with Crippen LogP contribution in [0.4, 0.5) is 0 Å². The number of ether oxygens (including phenoxy) is 1. The Morgan fingerprint density at radius 2 is 2.00 bits per heavy atom. The predicted octanol–water partition coefficient (Wildman–Crippen LogP) is 2.50. The minimum absolute atomic E-state index is 0.0729. The molecule has 3 aliphatic rings. The highest BCUT2D eigenvalue weighted by molar-refractivity contribution is 5.79. The van der Waals surface area contributed by atoms with Crippen LogP contribution in [0.15, 0.2) is 18.2 Å². The van der Waals surface area contributed by atoms with Crippen molar-refractivity contribution < 1.29 is 14.6 Å². The van der Waals surface area contributed by atoms with E-state index >= 15 is 0 Å². The Morgan fingerprint density at radius 3 is 2.84 bits per heavy atom. The smallest absolute Gasteiger partial charge is 0.227 e. The summed E-state index contributed by atoms with van der Waals surface area (Å²) in [6.45, 7) is 2.03. The molecule has 0 spiro atoms. The summed E-state index contributed by atoms with van der Waals surface area (Å²) in [6, 6.07) is 6.74. The van der Waals surface area contributed by atoms with Crippen LogP contribution in [-0.4, -0.2) is 47.8 Å². The van der Waals surface area contributed by atoms with E-state index in [-0.39, 0.29) is 24.0 Å². The number of aryl methyl sites for hydroxylation is 2. The van der Waals surface area contributed by atoms with Gasteiger partial charge in [-0.3, -0.25) is 4.79 Å². The van der Waals surface area contributed by atoms with Crippen LogP contribution in [0.5, 0.6) is 0 Å². The number of fused-ring (bicyclic) bond motifs is 1. The molecule has 4 heteroatoms. The molecule has 0 unspecified atom stereocenters. The van der Waals surface area contributed by atoms with Gasteiger partial charge < -0.3 is 14.7 Å². The van der Waals surface area contributed by atoms with Crippen LogP contribution < -0.4 is 0 Å². The van der Waals surface area contributed by atoms with Gasteiger partial charge in [0, 0.05) is 25.1 Å². The molecule has 2 aliphatic heterocycles. The van der Waals surface area contributed by atoms with Gasteiger partial charge in [0.1, 0.15) is 0 Å². The Bertz CT molecular complexity index is 630. The highest BCUT2D eigenvalue weighted by Crippen LogP contribution is 2.30. The number of benzene rings is 1. The second kappa shape index (κ2) is 7.46. The average Bonchev–Trinajstić information content (AvgIpc) is 3.11. The number of amides is 1. The number of aliphatic hydroxyl groups is 1. The number of hydrogen-bond donors (Lipinski definition) is 1. The lowest BCUT2D eigenvalue weighted by atomic mass is 9.88. The standard InChI is InChI=1S/C21H29NO3/c23-20-9-11-25-14-18(20)19-6-3-10-22(19)21(24)13-15-7-8-16-4-1-2-5-17(16)12-15/h7-8,12,18-20,23H,1-6,9-11,13-14H2/t18-,19-,20+/m1/s1. The van der Waals surface area contributed by atoms with E-state index in [1.54, 1.807) is 0 Å². The molecule has 0 saturated carbocycles. The fourth-order valence-electron chi connectivity index (χ4n) is 4.84. The van der Waals surface area contributed by atoms with Gasteiger partial charge >= 0.3 is 0 Å². The van der Waals surface area contributed by atoms with E-state index in [1.807, 2.05) is 4.90 Å². The van der Waals surface area contributed by atoms with Crippen molar-refractivity contribution in [1.82, 2.24) is 4.90 Å². The van der Waals surface area contributed by atoms with Crippen molar-refractivity contribution in [2.45, 2.75) is 63.5 Å². The predicted molar refractivity (Wildman–Crippen MR) is 96.5 cm³/mol. The maximum Gasteiger partial charge on any atom is 0.227 e. The molecule has 3 atom stereocenters. The van der Waals surface area contributed by atoms with Crippen molar-refractivity contribution in [3.63, 3.8) is 0 Å². The molecule has 1 amide bonds. The van der Waals surface area contributed by atoms with Gasteiger partial charge in [-0.2, -0.15) is 0 Å². The van der Waals surface area contributed by atoms with E-state index in [0.717, 1.165) is 31.4 Å². The molecule has 2 saturated heterocycles. The molecule has 2 fully saturated rings. The third kappa shape index (κ3) is 3.61. The minimum atomic E-state index is -0.337. The number of aliphatic hydroxyl groups excluding tert-OH is 1. The minimum Gasteiger partial charge on any atom is -0.393 e. The molecule has 1 aliphatic carbocycles. The van der Waals surface area contributed by atoms with E-state index in [4.69, 9.17) is 4.74 Å². The number of hydrogen-bond acceptors (Lipinski definition) is 3. The van der Waals surface area contributed by atoms with E-state index in [0.29, 0.717) is 26.1 Å². The molecular weight excluding hydrogens is 314 g/mol. The van der Waals surface area contributed by atoms with Crippen LogP contribution in [0.25, 0.3) is 0 Å². The van der Waals surface area contributed by atoms with Crippen molar-refractivity contribution in [2.75, 3.05) is 19.8 Å². The lowest BCUT2D eigenvalue weighted by Gasteiger charge is -2.37. The summed E-state index contributed by atoms with van der Waals surface area (Å²) < 4.78 is 5.58. The first-order valence-corrected chi connectivity index (χ1v) is 9.88. The first kappa shape index (κ1) is 17.0. The molecular formula is C21H29NO3.